The van der Waals surface area contributed by atoms with E-state index in [0.717, 1.165) is 17.5 Å². The van der Waals surface area contributed by atoms with Crippen molar-refractivity contribution in [3.63, 3.8) is 0 Å². The van der Waals surface area contributed by atoms with E-state index in [1.165, 1.54) is 6.07 Å². The molecule has 0 radical (unpaired) electrons. The Morgan fingerprint density at radius 2 is 2.21 bits per heavy atom. The molecule has 0 spiro atoms. The minimum Gasteiger partial charge on any atom is -0.481 e. The lowest BCUT2D eigenvalue weighted by atomic mass is 10.2. The third kappa shape index (κ3) is 2.78. The predicted octanol–water partition coefficient (Wildman–Crippen LogP) is 2.80. The fraction of sp³-hybridized carbons (Fsp3) is 0.231. The van der Waals surface area contributed by atoms with E-state index < -0.39 is 5.97 Å². The van der Waals surface area contributed by atoms with Gasteiger partial charge in [-0.2, -0.15) is 0 Å². The van der Waals surface area contributed by atoms with Crippen molar-refractivity contribution in [3.8, 4) is 5.69 Å². The maximum absolute atomic E-state index is 13.6. The van der Waals surface area contributed by atoms with Crippen LogP contribution in [0.1, 0.15) is 11.3 Å². The number of hydrogen-bond acceptors (Lipinski definition) is 3. The van der Waals surface area contributed by atoms with Crippen molar-refractivity contribution in [2.24, 2.45) is 0 Å². The molecule has 0 aliphatic rings. The molecule has 0 saturated carbocycles. The SMILES string of the molecule is Cc1c(F)cccc1-n1c(C)cnc1SCC(=O)O. The largest absolute Gasteiger partial charge is 0.481 e. The number of hydrogen-bond donors (Lipinski definition) is 1. The van der Waals surface area contributed by atoms with Crippen LogP contribution in [0.15, 0.2) is 29.6 Å². The van der Waals surface area contributed by atoms with Crippen molar-refractivity contribution in [3.05, 3.63) is 41.5 Å². The second kappa shape index (κ2) is 5.44. The average Bonchev–Trinajstić information content (AvgIpc) is 2.72. The molecule has 0 amide bonds. The van der Waals surface area contributed by atoms with Crippen molar-refractivity contribution in [2.75, 3.05) is 5.75 Å². The Morgan fingerprint density at radius 1 is 1.47 bits per heavy atom. The predicted molar refractivity (Wildman–Crippen MR) is 71.4 cm³/mol. The van der Waals surface area contributed by atoms with Gasteiger partial charge in [-0.3, -0.25) is 9.36 Å². The molecule has 4 nitrogen and oxygen atoms in total. The first kappa shape index (κ1) is 13.6. The van der Waals surface area contributed by atoms with Crippen molar-refractivity contribution in [1.82, 2.24) is 9.55 Å². The molecule has 1 N–H and O–H groups in total. The molecule has 6 heteroatoms. The molecule has 1 heterocycles. The average molecular weight is 280 g/mol. The van der Waals surface area contributed by atoms with E-state index in [-0.39, 0.29) is 11.6 Å². The number of nitrogens with zero attached hydrogens (tertiary/aromatic N) is 2. The van der Waals surface area contributed by atoms with E-state index in [4.69, 9.17) is 5.11 Å². The Hall–Kier alpha value is -1.82. The van der Waals surface area contributed by atoms with Gasteiger partial charge in [0.15, 0.2) is 5.16 Å². The molecule has 1 aromatic carbocycles. The third-order valence-electron chi connectivity index (χ3n) is 2.71. The molecule has 19 heavy (non-hydrogen) atoms. The van der Waals surface area contributed by atoms with Crippen LogP contribution in [0.25, 0.3) is 5.69 Å². The van der Waals surface area contributed by atoms with Crippen LogP contribution in [-0.2, 0) is 4.79 Å². The lowest BCUT2D eigenvalue weighted by Gasteiger charge is -2.12. The van der Waals surface area contributed by atoms with Crippen LogP contribution < -0.4 is 0 Å². The molecule has 1 aromatic heterocycles. The number of benzene rings is 1. The molecule has 2 aromatic rings. The highest BCUT2D eigenvalue weighted by molar-refractivity contribution is 7.99. The first-order valence-electron chi connectivity index (χ1n) is 5.65. The Morgan fingerprint density at radius 3 is 2.89 bits per heavy atom. The van der Waals surface area contributed by atoms with Gasteiger partial charge in [0.05, 0.1) is 11.4 Å². The standard InChI is InChI=1S/C13H13FN2O2S/c1-8-6-15-13(19-7-12(17)18)16(8)11-5-3-4-10(14)9(11)2/h3-6H,7H2,1-2H3,(H,17,18). The number of carbonyl (C=O) groups is 1. The Kier molecular flexibility index (Phi) is 3.90. The van der Waals surface area contributed by atoms with E-state index in [9.17, 15) is 9.18 Å². The minimum absolute atomic E-state index is 0.0786. The summed E-state index contributed by atoms with van der Waals surface area (Å²) in [4.78, 5) is 14.8. The number of halogens is 1. The summed E-state index contributed by atoms with van der Waals surface area (Å²) in [5, 5.41) is 9.27. The van der Waals surface area contributed by atoms with Gasteiger partial charge in [-0.05, 0) is 26.0 Å². The van der Waals surface area contributed by atoms with Gasteiger partial charge >= 0.3 is 5.97 Å². The zero-order valence-electron chi connectivity index (χ0n) is 10.6. The third-order valence-corrected chi connectivity index (χ3v) is 3.65. The van der Waals surface area contributed by atoms with Gasteiger partial charge in [-0.1, -0.05) is 17.8 Å². The molecule has 0 saturated heterocycles. The van der Waals surface area contributed by atoms with Gasteiger partial charge in [0.2, 0.25) is 0 Å². The fourth-order valence-electron chi connectivity index (χ4n) is 1.77. The maximum atomic E-state index is 13.6. The summed E-state index contributed by atoms with van der Waals surface area (Å²) in [6.07, 6.45) is 1.65. The molecule has 0 aliphatic carbocycles. The normalized spacial score (nSPS) is 10.7. The monoisotopic (exact) mass is 280 g/mol. The van der Waals surface area contributed by atoms with Gasteiger partial charge in [0.25, 0.3) is 0 Å². The Labute approximate surface area is 114 Å². The highest BCUT2D eigenvalue weighted by Crippen LogP contribution is 2.26. The summed E-state index contributed by atoms with van der Waals surface area (Å²) >= 11 is 1.12. The minimum atomic E-state index is -0.909. The summed E-state index contributed by atoms with van der Waals surface area (Å²) < 4.78 is 15.4. The summed E-state index contributed by atoms with van der Waals surface area (Å²) in [6, 6.07) is 4.82. The quantitative estimate of drug-likeness (QED) is 0.875. The molecular formula is C13H13FN2O2S. The van der Waals surface area contributed by atoms with E-state index in [2.05, 4.69) is 4.98 Å². The number of rotatable bonds is 4. The van der Waals surface area contributed by atoms with Crippen molar-refractivity contribution < 1.29 is 14.3 Å². The van der Waals surface area contributed by atoms with Crippen molar-refractivity contribution >= 4 is 17.7 Å². The number of aryl methyl sites for hydroxylation is 1. The van der Waals surface area contributed by atoms with E-state index in [1.807, 2.05) is 6.92 Å². The van der Waals surface area contributed by atoms with E-state index in [0.29, 0.717) is 16.4 Å². The molecule has 0 unspecified atom stereocenters. The number of carboxylic acid groups (broad SMARTS) is 1. The second-order valence-corrected chi connectivity index (χ2v) is 5.03. The molecule has 0 bridgehead atoms. The topological polar surface area (TPSA) is 55.1 Å². The van der Waals surface area contributed by atoms with Crippen LogP contribution >= 0.6 is 11.8 Å². The highest BCUT2D eigenvalue weighted by atomic mass is 32.2. The lowest BCUT2D eigenvalue weighted by molar-refractivity contribution is -0.133. The van der Waals surface area contributed by atoms with E-state index >= 15 is 0 Å². The van der Waals surface area contributed by atoms with Gasteiger partial charge < -0.3 is 5.11 Å². The Bertz CT molecular complexity index is 625. The van der Waals surface area contributed by atoms with Crippen LogP contribution in [0.3, 0.4) is 0 Å². The number of aliphatic carboxylic acids is 1. The molecule has 0 aliphatic heterocycles. The summed E-state index contributed by atoms with van der Waals surface area (Å²) in [7, 11) is 0. The summed E-state index contributed by atoms with van der Waals surface area (Å²) in [6.45, 7) is 3.54. The molecule has 0 atom stereocenters. The number of thioether (sulfide) groups is 1. The molecule has 0 fully saturated rings. The van der Waals surface area contributed by atoms with Gasteiger partial charge in [-0.25, -0.2) is 9.37 Å². The van der Waals surface area contributed by atoms with Crippen molar-refractivity contribution in [1.29, 1.82) is 0 Å². The first-order chi connectivity index (χ1) is 9.00. The van der Waals surface area contributed by atoms with Crippen LogP contribution in [0, 0.1) is 19.7 Å². The van der Waals surface area contributed by atoms with Crippen LogP contribution in [0.4, 0.5) is 4.39 Å². The summed E-state index contributed by atoms with van der Waals surface area (Å²) in [5.41, 5.74) is 2.03. The van der Waals surface area contributed by atoms with Gasteiger partial charge in [0.1, 0.15) is 5.82 Å². The molecule has 2 rings (SSSR count). The first-order valence-corrected chi connectivity index (χ1v) is 6.63. The van der Waals surface area contributed by atoms with E-state index in [1.54, 1.807) is 29.8 Å². The molecular weight excluding hydrogens is 267 g/mol. The lowest BCUT2D eigenvalue weighted by Crippen LogP contribution is -2.05. The Balaban J connectivity index is 2.46. The highest BCUT2D eigenvalue weighted by Gasteiger charge is 2.14. The summed E-state index contributed by atoms with van der Waals surface area (Å²) in [5.74, 6) is -1.28. The van der Waals surface area contributed by atoms with Crippen LogP contribution in [0.2, 0.25) is 0 Å². The zero-order valence-corrected chi connectivity index (χ0v) is 11.4. The fourth-order valence-corrected chi connectivity index (χ4v) is 2.53. The number of imidazole rings is 1. The second-order valence-electron chi connectivity index (χ2n) is 4.08. The maximum Gasteiger partial charge on any atom is 0.313 e. The van der Waals surface area contributed by atoms with Gasteiger partial charge in [-0.15, -0.1) is 0 Å². The van der Waals surface area contributed by atoms with Gasteiger partial charge in [0, 0.05) is 17.5 Å². The van der Waals surface area contributed by atoms with Crippen LogP contribution in [-0.4, -0.2) is 26.4 Å². The molecule has 100 valence electrons. The number of carboxylic acids is 1. The smallest absolute Gasteiger partial charge is 0.313 e. The zero-order chi connectivity index (χ0) is 14.0. The van der Waals surface area contributed by atoms with Crippen molar-refractivity contribution in [2.45, 2.75) is 19.0 Å². The van der Waals surface area contributed by atoms with Crippen LogP contribution in [0.5, 0.6) is 0 Å². The number of aromatic nitrogens is 2.